The van der Waals surface area contributed by atoms with Gasteiger partial charge in [-0.1, -0.05) is 18.2 Å². The van der Waals surface area contributed by atoms with Gasteiger partial charge in [-0.3, -0.25) is 9.59 Å². The number of hydrogen-bond donors (Lipinski definition) is 2. The molecule has 0 atom stereocenters. The molecular formula is C12H9N3O3. The maximum absolute atomic E-state index is 11.8. The second-order valence-electron chi connectivity index (χ2n) is 3.96. The molecule has 0 aliphatic carbocycles. The first-order chi connectivity index (χ1) is 8.68. The van der Waals surface area contributed by atoms with E-state index in [0.29, 0.717) is 16.4 Å². The Hall–Kier alpha value is -2.63. The number of aromatic amines is 1. The summed E-state index contributed by atoms with van der Waals surface area (Å²) in [5, 5.41) is 16.5. The van der Waals surface area contributed by atoms with Crippen molar-refractivity contribution in [1.29, 1.82) is 0 Å². The highest BCUT2D eigenvalue weighted by molar-refractivity contribution is 6.07. The van der Waals surface area contributed by atoms with Crippen molar-refractivity contribution in [2.75, 3.05) is 0 Å². The fourth-order valence-corrected chi connectivity index (χ4v) is 2.21. The highest BCUT2D eigenvalue weighted by atomic mass is 16.4. The van der Waals surface area contributed by atoms with Crippen molar-refractivity contribution in [3.63, 3.8) is 0 Å². The summed E-state index contributed by atoms with van der Waals surface area (Å²) in [5.41, 5.74) is 0.673. The molecule has 0 aliphatic heterocycles. The number of aliphatic carboxylic acids is 1. The monoisotopic (exact) mass is 243 g/mol. The van der Waals surface area contributed by atoms with Crippen molar-refractivity contribution in [3.8, 4) is 0 Å². The standard InChI is InChI=1S/C12H9N3O3/c16-10(17)6-15-9-4-2-1-3-7(9)8-5-13-14-12(18)11(8)15/h1-5H,6H2,(H,14,18)(H,16,17). The van der Waals surface area contributed by atoms with Crippen LogP contribution in [-0.2, 0) is 11.3 Å². The van der Waals surface area contributed by atoms with Crippen LogP contribution in [-0.4, -0.2) is 25.8 Å². The van der Waals surface area contributed by atoms with Gasteiger partial charge in [-0.15, -0.1) is 0 Å². The van der Waals surface area contributed by atoms with Gasteiger partial charge in [-0.2, -0.15) is 5.10 Å². The minimum atomic E-state index is -0.992. The van der Waals surface area contributed by atoms with Gasteiger partial charge >= 0.3 is 5.97 Å². The molecule has 0 amide bonds. The number of nitrogens with zero attached hydrogens (tertiary/aromatic N) is 2. The zero-order valence-electron chi connectivity index (χ0n) is 9.25. The number of benzene rings is 1. The number of carboxylic acids is 1. The summed E-state index contributed by atoms with van der Waals surface area (Å²) in [7, 11) is 0. The number of para-hydroxylation sites is 1. The van der Waals surface area contributed by atoms with Crippen LogP contribution in [0.5, 0.6) is 0 Å². The molecule has 0 bridgehead atoms. The van der Waals surface area contributed by atoms with Gasteiger partial charge in [0.1, 0.15) is 12.1 Å². The van der Waals surface area contributed by atoms with Crippen molar-refractivity contribution in [2.24, 2.45) is 0 Å². The molecule has 0 radical (unpaired) electrons. The third-order valence-electron chi connectivity index (χ3n) is 2.88. The van der Waals surface area contributed by atoms with Crippen molar-refractivity contribution in [1.82, 2.24) is 14.8 Å². The second-order valence-corrected chi connectivity index (χ2v) is 3.96. The lowest BCUT2D eigenvalue weighted by molar-refractivity contribution is -0.137. The Kier molecular flexibility index (Phi) is 2.16. The normalized spacial score (nSPS) is 11.1. The van der Waals surface area contributed by atoms with Crippen LogP contribution < -0.4 is 5.56 Å². The van der Waals surface area contributed by atoms with E-state index in [0.717, 1.165) is 5.39 Å². The predicted octanol–water partition coefficient (Wildman–Crippen LogP) is 0.962. The van der Waals surface area contributed by atoms with Gasteiger partial charge in [-0.05, 0) is 6.07 Å². The van der Waals surface area contributed by atoms with Crippen molar-refractivity contribution < 1.29 is 9.90 Å². The molecule has 2 heterocycles. The first-order valence-electron chi connectivity index (χ1n) is 5.35. The van der Waals surface area contributed by atoms with Crippen LogP contribution in [0.25, 0.3) is 21.8 Å². The topological polar surface area (TPSA) is 88.0 Å². The summed E-state index contributed by atoms with van der Waals surface area (Å²) in [5.74, 6) is -0.992. The number of hydrogen-bond acceptors (Lipinski definition) is 3. The molecule has 2 N–H and O–H groups in total. The number of nitrogens with one attached hydrogen (secondary N) is 1. The molecule has 0 saturated heterocycles. The quantitative estimate of drug-likeness (QED) is 0.701. The van der Waals surface area contributed by atoms with Crippen LogP contribution in [0.15, 0.2) is 35.3 Å². The van der Waals surface area contributed by atoms with Crippen LogP contribution in [0, 0.1) is 0 Å². The molecule has 6 heteroatoms. The number of rotatable bonds is 2. The Morgan fingerprint density at radius 2 is 2.11 bits per heavy atom. The van der Waals surface area contributed by atoms with Crippen LogP contribution in [0.4, 0.5) is 0 Å². The van der Waals surface area contributed by atoms with Gasteiger partial charge < -0.3 is 9.67 Å². The molecule has 0 unspecified atom stereocenters. The van der Waals surface area contributed by atoms with Crippen LogP contribution in [0.1, 0.15) is 0 Å². The molecule has 6 nitrogen and oxygen atoms in total. The van der Waals surface area contributed by atoms with Gasteiger partial charge in [0.15, 0.2) is 0 Å². The molecule has 2 aromatic heterocycles. The van der Waals surface area contributed by atoms with Gasteiger partial charge in [0, 0.05) is 16.3 Å². The fraction of sp³-hybridized carbons (Fsp3) is 0.0833. The van der Waals surface area contributed by atoms with Gasteiger partial charge in [0.25, 0.3) is 5.56 Å². The number of carboxylic acid groups (broad SMARTS) is 1. The molecule has 0 spiro atoms. The lowest BCUT2D eigenvalue weighted by Gasteiger charge is -2.01. The minimum Gasteiger partial charge on any atom is -0.480 e. The van der Waals surface area contributed by atoms with E-state index in [1.165, 1.54) is 10.8 Å². The van der Waals surface area contributed by atoms with Crippen LogP contribution in [0.2, 0.25) is 0 Å². The van der Waals surface area contributed by atoms with Crippen molar-refractivity contribution >= 4 is 27.8 Å². The molecule has 0 aliphatic rings. The zero-order valence-corrected chi connectivity index (χ0v) is 9.25. The predicted molar refractivity (Wildman–Crippen MR) is 65.5 cm³/mol. The average Bonchev–Trinajstić information content (AvgIpc) is 2.66. The highest BCUT2D eigenvalue weighted by Gasteiger charge is 2.14. The number of aromatic nitrogens is 3. The summed E-state index contributed by atoms with van der Waals surface area (Å²) in [6.45, 7) is -0.253. The molecule has 0 fully saturated rings. The number of fused-ring (bicyclic) bond motifs is 3. The molecular weight excluding hydrogens is 234 g/mol. The molecule has 3 rings (SSSR count). The minimum absolute atomic E-state index is 0.253. The Bertz CT molecular complexity index is 816. The van der Waals surface area contributed by atoms with E-state index in [9.17, 15) is 9.59 Å². The average molecular weight is 243 g/mol. The van der Waals surface area contributed by atoms with E-state index in [1.807, 2.05) is 12.1 Å². The summed E-state index contributed by atoms with van der Waals surface area (Å²) in [6.07, 6.45) is 1.54. The summed E-state index contributed by atoms with van der Waals surface area (Å²) in [4.78, 5) is 22.7. The van der Waals surface area contributed by atoms with Crippen molar-refractivity contribution in [2.45, 2.75) is 6.54 Å². The third kappa shape index (κ3) is 1.39. The first kappa shape index (κ1) is 10.5. The van der Waals surface area contributed by atoms with Gasteiger partial charge in [0.05, 0.1) is 6.20 Å². The molecule has 0 saturated carbocycles. The lowest BCUT2D eigenvalue weighted by atomic mass is 10.2. The maximum Gasteiger partial charge on any atom is 0.323 e. The van der Waals surface area contributed by atoms with Crippen LogP contribution >= 0.6 is 0 Å². The maximum atomic E-state index is 11.8. The van der Waals surface area contributed by atoms with E-state index in [2.05, 4.69) is 10.2 Å². The summed E-state index contributed by atoms with van der Waals surface area (Å²) >= 11 is 0. The first-order valence-corrected chi connectivity index (χ1v) is 5.35. The third-order valence-corrected chi connectivity index (χ3v) is 2.88. The van der Waals surface area contributed by atoms with E-state index < -0.39 is 5.97 Å². The van der Waals surface area contributed by atoms with Crippen LogP contribution in [0.3, 0.4) is 0 Å². The Morgan fingerprint density at radius 1 is 1.33 bits per heavy atom. The number of H-pyrrole nitrogens is 1. The molecule has 3 aromatic rings. The number of carbonyl (C=O) groups is 1. The SMILES string of the molecule is O=C(O)Cn1c2ccccc2c2cn[nH]c(=O)c21. The second kappa shape index (κ2) is 3.69. The van der Waals surface area contributed by atoms with Gasteiger partial charge in [0.2, 0.25) is 0 Å². The highest BCUT2D eigenvalue weighted by Crippen LogP contribution is 2.25. The fourth-order valence-electron chi connectivity index (χ4n) is 2.21. The molecule has 1 aromatic carbocycles. The summed E-state index contributed by atoms with van der Waals surface area (Å²) in [6, 6.07) is 7.28. The Labute approximate surface area is 100 Å². The molecule has 90 valence electrons. The molecule has 18 heavy (non-hydrogen) atoms. The van der Waals surface area contributed by atoms with E-state index in [-0.39, 0.29) is 12.1 Å². The van der Waals surface area contributed by atoms with E-state index in [1.54, 1.807) is 12.1 Å². The smallest absolute Gasteiger partial charge is 0.323 e. The zero-order chi connectivity index (χ0) is 12.7. The van der Waals surface area contributed by atoms with E-state index in [4.69, 9.17) is 5.11 Å². The Balaban J connectivity index is 2.55. The summed E-state index contributed by atoms with van der Waals surface area (Å²) < 4.78 is 1.49. The van der Waals surface area contributed by atoms with E-state index >= 15 is 0 Å². The Morgan fingerprint density at radius 3 is 2.89 bits per heavy atom. The largest absolute Gasteiger partial charge is 0.480 e. The van der Waals surface area contributed by atoms with Crippen molar-refractivity contribution in [3.05, 3.63) is 40.8 Å². The van der Waals surface area contributed by atoms with Gasteiger partial charge in [-0.25, -0.2) is 5.10 Å². The lowest BCUT2D eigenvalue weighted by Crippen LogP contribution is -2.15.